The molecule has 0 saturated heterocycles. The van der Waals surface area contributed by atoms with E-state index in [9.17, 15) is 4.39 Å². The van der Waals surface area contributed by atoms with Gasteiger partial charge in [-0.15, -0.1) is 0 Å². The highest BCUT2D eigenvalue weighted by Crippen LogP contribution is 2.18. The number of rotatable bonds is 2. The summed E-state index contributed by atoms with van der Waals surface area (Å²) in [6, 6.07) is 6.23. The van der Waals surface area contributed by atoms with Crippen LogP contribution < -0.4 is 0 Å². The van der Waals surface area contributed by atoms with Crippen molar-refractivity contribution in [2.45, 2.75) is 6.61 Å². The Bertz CT molecular complexity index is 479. The lowest BCUT2D eigenvalue weighted by molar-refractivity contribution is 0.277. The summed E-state index contributed by atoms with van der Waals surface area (Å²) in [6.45, 7) is -0.108. The van der Waals surface area contributed by atoms with E-state index in [0.717, 1.165) is 0 Å². The van der Waals surface area contributed by atoms with Crippen molar-refractivity contribution in [3.63, 3.8) is 0 Å². The Labute approximate surface area is 86.8 Å². The van der Waals surface area contributed by atoms with Gasteiger partial charge in [0, 0.05) is 18.8 Å². The molecule has 0 atom stereocenters. The molecular formula is C11H11FN2O. The fraction of sp³-hybridized carbons (Fsp3) is 0.182. The lowest BCUT2D eigenvalue weighted by Gasteiger charge is -2.00. The van der Waals surface area contributed by atoms with Crippen molar-refractivity contribution in [2.75, 3.05) is 0 Å². The first-order valence-corrected chi connectivity index (χ1v) is 4.60. The van der Waals surface area contributed by atoms with Crippen LogP contribution in [0.5, 0.6) is 0 Å². The number of hydrogen-bond donors (Lipinski definition) is 1. The number of imidazole rings is 1. The second-order valence-corrected chi connectivity index (χ2v) is 3.34. The molecule has 0 radical (unpaired) electrons. The molecule has 0 aliphatic rings. The quantitative estimate of drug-likeness (QED) is 0.812. The maximum atomic E-state index is 13.0. The van der Waals surface area contributed by atoms with Crippen molar-refractivity contribution in [2.24, 2.45) is 7.05 Å². The van der Waals surface area contributed by atoms with Crippen LogP contribution in [0, 0.1) is 5.82 Å². The van der Waals surface area contributed by atoms with Gasteiger partial charge < -0.3 is 9.67 Å². The molecule has 2 aromatic rings. The molecule has 4 heteroatoms. The molecule has 0 aliphatic carbocycles. The number of benzene rings is 1. The fourth-order valence-electron chi connectivity index (χ4n) is 1.50. The molecular weight excluding hydrogens is 195 g/mol. The molecule has 0 spiro atoms. The monoisotopic (exact) mass is 206 g/mol. The highest BCUT2D eigenvalue weighted by Gasteiger charge is 2.07. The number of aryl methyl sites for hydroxylation is 1. The van der Waals surface area contributed by atoms with Gasteiger partial charge in [0.05, 0.1) is 12.3 Å². The zero-order valence-electron chi connectivity index (χ0n) is 8.31. The van der Waals surface area contributed by atoms with Crippen molar-refractivity contribution >= 4 is 0 Å². The summed E-state index contributed by atoms with van der Waals surface area (Å²) >= 11 is 0. The van der Waals surface area contributed by atoms with Crippen LogP contribution in [0.2, 0.25) is 0 Å². The molecule has 0 unspecified atom stereocenters. The normalized spacial score (nSPS) is 10.6. The fourth-order valence-corrected chi connectivity index (χ4v) is 1.50. The van der Waals surface area contributed by atoms with Crippen molar-refractivity contribution in [1.82, 2.24) is 9.55 Å². The van der Waals surface area contributed by atoms with E-state index in [1.165, 1.54) is 12.1 Å². The van der Waals surface area contributed by atoms with Crippen molar-refractivity contribution in [3.05, 3.63) is 42.0 Å². The zero-order chi connectivity index (χ0) is 10.8. The van der Waals surface area contributed by atoms with Crippen LogP contribution in [0.1, 0.15) is 5.69 Å². The van der Waals surface area contributed by atoms with Crippen LogP contribution in [-0.4, -0.2) is 14.7 Å². The third-order valence-corrected chi connectivity index (χ3v) is 2.17. The maximum absolute atomic E-state index is 13.0. The first-order chi connectivity index (χ1) is 7.20. The molecule has 0 amide bonds. The van der Waals surface area contributed by atoms with E-state index in [4.69, 9.17) is 5.11 Å². The van der Waals surface area contributed by atoms with Crippen molar-refractivity contribution in [1.29, 1.82) is 0 Å². The van der Waals surface area contributed by atoms with E-state index in [1.807, 2.05) is 7.05 Å². The van der Waals surface area contributed by atoms with Gasteiger partial charge in [-0.3, -0.25) is 0 Å². The molecule has 15 heavy (non-hydrogen) atoms. The summed E-state index contributed by atoms with van der Waals surface area (Å²) < 4.78 is 14.8. The van der Waals surface area contributed by atoms with Crippen LogP contribution in [0.25, 0.3) is 11.4 Å². The van der Waals surface area contributed by atoms with E-state index in [0.29, 0.717) is 17.1 Å². The predicted molar refractivity (Wildman–Crippen MR) is 54.5 cm³/mol. The minimum atomic E-state index is -0.291. The van der Waals surface area contributed by atoms with E-state index in [2.05, 4.69) is 4.98 Å². The number of aliphatic hydroxyl groups is 1. The third kappa shape index (κ3) is 1.89. The van der Waals surface area contributed by atoms with Gasteiger partial charge >= 0.3 is 0 Å². The average molecular weight is 206 g/mol. The molecule has 1 aromatic heterocycles. The Kier molecular flexibility index (Phi) is 2.51. The van der Waals surface area contributed by atoms with Gasteiger partial charge in [-0.05, 0) is 12.1 Å². The summed E-state index contributed by atoms with van der Waals surface area (Å²) in [5.74, 6) is 0.361. The van der Waals surface area contributed by atoms with Gasteiger partial charge in [-0.25, -0.2) is 9.37 Å². The molecule has 0 fully saturated rings. The molecule has 2 rings (SSSR count). The summed E-state index contributed by atoms with van der Waals surface area (Å²) in [6.07, 6.45) is 1.72. The Morgan fingerprint density at radius 2 is 2.27 bits per heavy atom. The zero-order valence-corrected chi connectivity index (χ0v) is 8.31. The first kappa shape index (κ1) is 9.86. The Hall–Kier alpha value is -1.68. The molecule has 78 valence electrons. The molecule has 1 N–H and O–H groups in total. The van der Waals surface area contributed by atoms with E-state index < -0.39 is 0 Å². The van der Waals surface area contributed by atoms with Crippen LogP contribution in [-0.2, 0) is 13.7 Å². The van der Waals surface area contributed by atoms with Crippen molar-refractivity contribution < 1.29 is 9.50 Å². The standard InChI is InChI=1S/C11H11FN2O/c1-14-6-10(7-15)13-11(14)8-3-2-4-9(12)5-8/h2-6,15H,7H2,1H3. The van der Waals surface area contributed by atoms with Gasteiger partial charge in [0.1, 0.15) is 11.6 Å². The summed E-state index contributed by atoms with van der Waals surface area (Å²) in [7, 11) is 1.81. The first-order valence-electron chi connectivity index (χ1n) is 4.60. The SMILES string of the molecule is Cn1cc(CO)nc1-c1cccc(F)c1. The molecule has 0 aliphatic heterocycles. The van der Waals surface area contributed by atoms with Gasteiger partial charge in [0.25, 0.3) is 0 Å². The number of aliphatic hydroxyl groups excluding tert-OH is 1. The summed E-state index contributed by atoms with van der Waals surface area (Å²) in [5, 5.41) is 8.93. The largest absolute Gasteiger partial charge is 0.390 e. The van der Waals surface area contributed by atoms with Crippen LogP contribution >= 0.6 is 0 Å². The number of halogens is 1. The average Bonchev–Trinajstić information content (AvgIpc) is 2.60. The topological polar surface area (TPSA) is 38.0 Å². The van der Waals surface area contributed by atoms with Crippen molar-refractivity contribution in [3.8, 4) is 11.4 Å². The second kappa shape index (κ2) is 3.82. The highest BCUT2D eigenvalue weighted by atomic mass is 19.1. The van der Waals surface area contributed by atoms with Crippen LogP contribution in [0.3, 0.4) is 0 Å². The molecule has 0 saturated carbocycles. The van der Waals surface area contributed by atoms with E-state index >= 15 is 0 Å². The predicted octanol–water partition coefficient (Wildman–Crippen LogP) is 1.72. The third-order valence-electron chi connectivity index (χ3n) is 2.17. The maximum Gasteiger partial charge on any atom is 0.140 e. The number of nitrogens with zero attached hydrogens (tertiary/aromatic N) is 2. The number of hydrogen-bond acceptors (Lipinski definition) is 2. The van der Waals surface area contributed by atoms with Gasteiger partial charge in [0.15, 0.2) is 0 Å². The summed E-state index contributed by atoms with van der Waals surface area (Å²) in [5.41, 5.74) is 1.29. The molecule has 0 bridgehead atoms. The molecule has 3 nitrogen and oxygen atoms in total. The second-order valence-electron chi connectivity index (χ2n) is 3.34. The van der Waals surface area contributed by atoms with Crippen LogP contribution in [0.4, 0.5) is 4.39 Å². The summed E-state index contributed by atoms with van der Waals surface area (Å²) in [4.78, 5) is 4.19. The Balaban J connectivity index is 2.48. The lowest BCUT2D eigenvalue weighted by Crippen LogP contribution is -1.91. The Morgan fingerprint density at radius 1 is 1.47 bits per heavy atom. The van der Waals surface area contributed by atoms with E-state index in [1.54, 1.807) is 22.9 Å². The molecule has 1 heterocycles. The van der Waals surface area contributed by atoms with Gasteiger partial charge in [-0.2, -0.15) is 0 Å². The molecule has 1 aromatic carbocycles. The minimum absolute atomic E-state index is 0.108. The van der Waals surface area contributed by atoms with E-state index in [-0.39, 0.29) is 12.4 Å². The highest BCUT2D eigenvalue weighted by molar-refractivity contribution is 5.55. The number of aromatic nitrogens is 2. The van der Waals surface area contributed by atoms with Gasteiger partial charge in [-0.1, -0.05) is 12.1 Å². The minimum Gasteiger partial charge on any atom is -0.390 e. The Morgan fingerprint density at radius 3 is 2.87 bits per heavy atom. The lowest BCUT2D eigenvalue weighted by atomic mass is 10.2. The van der Waals surface area contributed by atoms with Gasteiger partial charge in [0.2, 0.25) is 0 Å². The van der Waals surface area contributed by atoms with Crippen LogP contribution in [0.15, 0.2) is 30.5 Å². The smallest absolute Gasteiger partial charge is 0.140 e.